The number of rotatable bonds is 7. The van der Waals surface area contributed by atoms with Gasteiger partial charge in [-0.1, -0.05) is 30.7 Å². The Morgan fingerprint density at radius 3 is 2.48 bits per heavy atom. The maximum absolute atomic E-state index is 12.2. The highest BCUT2D eigenvalue weighted by Crippen LogP contribution is 2.34. The Kier molecular flexibility index (Phi) is 6.51. The predicted molar refractivity (Wildman–Crippen MR) is 110 cm³/mol. The van der Waals surface area contributed by atoms with E-state index < -0.39 is 0 Å². The molecular weight excluding hydrogens is 360 g/mol. The molecule has 1 saturated heterocycles. The van der Waals surface area contributed by atoms with Gasteiger partial charge in [0.2, 0.25) is 5.56 Å². The van der Waals surface area contributed by atoms with Crippen LogP contribution < -0.4 is 5.56 Å². The molecule has 0 spiro atoms. The third kappa shape index (κ3) is 5.78. The van der Waals surface area contributed by atoms with Crippen molar-refractivity contribution in [3.8, 4) is 0 Å². The van der Waals surface area contributed by atoms with E-state index in [4.69, 9.17) is 11.6 Å². The van der Waals surface area contributed by atoms with Gasteiger partial charge < -0.3 is 9.88 Å². The fourth-order valence-electron chi connectivity index (χ4n) is 3.78. The van der Waals surface area contributed by atoms with Gasteiger partial charge in [-0.3, -0.25) is 9.59 Å². The zero-order valence-corrected chi connectivity index (χ0v) is 16.6. The highest BCUT2D eigenvalue weighted by atomic mass is 35.5. The highest BCUT2D eigenvalue weighted by molar-refractivity contribution is 6.30. The molecule has 0 amide bonds. The normalized spacial score (nSPS) is 17.0. The number of aromatic nitrogens is 1. The number of nitrogens with zero attached hydrogens (tertiary/aromatic N) is 1. The van der Waals surface area contributed by atoms with Crippen LogP contribution in [0.25, 0.3) is 0 Å². The van der Waals surface area contributed by atoms with Gasteiger partial charge in [0.05, 0.1) is 0 Å². The third-order valence-electron chi connectivity index (χ3n) is 5.59. The minimum absolute atomic E-state index is 0.0934. The fourth-order valence-corrected chi connectivity index (χ4v) is 3.91. The average molecular weight is 387 g/mol. The molecule has 5 heteroatoms. The molecule has 1 N–H and O–H groups in total. The van der Waals surface area contributed by atoms with E-state index in [2.05, 4.69) is 28.9 Å². The number of aromatic amines is 1. The van der Waals surface area contributed by atoms with Gasteiger partial charge in [-0.2, -0.15) is 0 Å². The van der Waals surface area contributed by atoms with E-state index in [1.807, 2.05) is 12.1 Å². The molecule has 0 radical (unpaired) electrons. The molecule has 0 saturated carbocycles. The van der Waals surface area contributed by atoms with Crippen LogP contribution in [-0.2, 0) is 6.42 Å². The average Bonchev–Trinajstić information content (AvgIpc) is 2.66. The first-order valence-electron chi connectivity index (χ1n) is 9.62. The molecule has 4 nitrogen and oxygen atoms in total. The number of likely N-dealkylation sites (tertiary alicyclic amines) is 1. The Morgan fingerprint density at radius 1 is 1.15 bits per heavy atom. The van der Waals surface area contributed by atoms with E-state index in [0.29, 0.717) is 17.4 Å². The second-order valence-corrected chi connectivity index (χ2v) is 8.36. The lowest BCUT2D eigenvalue weighted by atomic mass is 9.75. The minimum Gasteiger partial charge on any atom is -0.328 e. The Balaban J connectivity index is 1.41. The fraction of sp³-hybridized carbons (Fsp3) is 0.455. The number of benzene rings is 1. The lowest BCUT2D eigenvalue weighted by Crippen LogP contribution is -2.40. The van der Waals surface area contributed by atoms with Crippen LogP contribution >= 0.6 is 11.6 Å². The van der Waals surface area contributed by atoms with Crippen molar-refractivity contribution in [3.05, 3.63) is 69.1 Å². The Labute approximate surface area is 165 Å². The molecule has 144 valence electrons. The highest BCUT2D eigenvalue weighted by Gasteiger charge is 2.30. The van der Waals surface area contributed by atoms with Crippen LogP contribution in [0, 0.1) is 5.41 Å². The zero-order valence-electron chi connectivity index (χ0n) is 15.8. The van der Waals surface area contributed by atoms with Crippen molar-refractivity contribution in [1.82, 2.24) is 9.88 Å². The van der Waals surface area contributed by atoms with Crippen LogP contribution in [0.1, 0.15) is 48.5 Å². The van der Waals surface area contributed by atoms with Gasteiger partial charge in [0.25, 0.3) is 0 Å². The van der Waals surface area contributed by atoms with Crippen LogP contribution in [-0.4, -0.2) is 35.3 Å². The maximum Gasteiger partial charge on any atom is 0.247 e. The number of halogens is 1. The molecule has 1 aromatic heterocycles. The zero-order chi connectivity index (χ0) is 19.3. The largest absolute Gasteiger partial charge is 0.328 e. The van der Waals surface area contributed by atoms with Crippen LogP contribution in [0.5, 0.6) is 0 Å². The predicted octanol–water partition coefficient (Wildman–Crippen LogP) is 4.34. The van der Waals surface area contributed by atoms with Gasteiger partial charge in [-0.25, -0.2) is 0 Å². The molecule has 1 aromatic carbocycles. The number of carbonyl (C=O) groups excluding carboxylic acids is 1. The smallest absolute Gasteiger partial charge is 0.247 e. The molecule has 0 bridgehead atoms. The van der Waals surface area contributed by atoms with Gasteiger partial charge in [0.1, 0.15) is 0 Å². The summed E-state index contributed by atoms with van der Waals surface area (Å²) in [6.45, 7) is 5.48. The van der Waals surface area contributed by atoms with Crippen molar-refractivity contribution in [3.63, 3.8) is 0 Å². The monoisotopic (exact) mass is 386 g/mol. The van der Waals surface area contributed by atoms with Crippen molar-refractivity contribution >= 4 is 17.4 Å². The number of ketones is 1. The van der Waals surface area contributed by atoms with Crippen LogP contribution in [0.4, 0.5) is 0 Å². The number of H-pyrrole nitrogens is 1. The van der Waals surface area contributed by atoms with Crippen LogP contribution in [0.2, 0.25) is 5.02 Å². The lowest BCUT2D eigenvalue weighted by molar-refractivity contribution is 0.0949. The molecule has 1 aliphatic rings. The topological polar surface area (TPSA) is 53.2 Å². The Hall–Kier alpha value is -1.91. The first-order chi connectivity index (χ1) is 12.9. The van der Waals surface area contributed by atoms with Crippen molar-refractivity contribution in [2.45, 2.75) is 39.0 Å². The summed E-state index contributed by atoms with van der Waals surface area (Å²) in [4.78, 5) is 28.3. The maximum atomic E-state index is 12.2. The van der Waals surface area contributed by atoms with E-state index in [1.165, 1.54) is 30.7 Å². The third-order valence-corrected chi connectivity index (χ3v) is 5.84. The van der Waals surface area contributed by atoms with E-state index >= 15 is 0 Å². The number of Topliss-reactive ketones (excluding diaryl/α,β-unsaturated/α-hetero) is 1. The molecule has 1 aliphatic heterocycles. The van der Waals surface area contributed by atoms with E-state index in [1.54, 1.807) is 6.07 Å². The van der Waals surface area contributed by atoms with E-state index in [9.17, 15) is 9.59 Å². The summed E-state index contributed by atoms with van der Waals surface area (Å²) in [5.74, 6) is 0.0934. The standard InChI is InChI=1S/C22H27ClN2O2/c1-22(15-17-4-7-19(23)8-5-17)10-13-25(14-11-22)12-2-3-20(26)18-6-9-21(27)24-16-18/h4-9,16H,2-3,10-15H2,1H3,(H,24,27). The van der Waals surface area contributed by atoms with Crippen molar-refractivity contribution in [2.75, 3.05) is 19.6 Å². The SMILES string of the molecule is CC1(Cc2ccc(Cl)cc2)CCN(CCCC(=O)c2ccc(=O)[nH]c2)CC1. The lowest BCUT2D eigenvalue weighted by Gasteiger charge is -2.39. The molecule has 0 atom stereocenters. The molecule has 0 aliphatic carbocycles. The summed E-state index contributed by atoms with van der Waals surface area (Å²) < 4.78 is 0. The van der Waals surface area contributed by atoms with Crippen LogP contribution in [0.3, 0.4) is 0 Å². The Bertz CT molecular complexity index is 800. The summed E-state index contributed by atoms with van der Waals surface area (Å²) in [7, 11) is 0. The number of hydrogen-bond acceptors (Lipinski definition) is 3. The summed E-state index contributed by atoms with van der Waals surface area (Å²) in [5.41, 5.74) is 2.09. The second-order valence-electron chi connectivity index (χ2n) is 7.92. The quantitative estimate of drug-likeness (QED) is 0.720. The van der Waals surface area contributed by atoms with Gasteiger partial charge in [-0.05, 0) is 74.5 Å². The molecule has 27 heavy (non-hydrogen) atoms. The molecule has 1 fully saturated rings. The van der Waals surface area contributed by atoms with Crippen molar-refractivity contribution in [1.29, 1.82) is 0 Å². The van der Waals surface area contributed by atoms with Crippen molar-refractivity contribution < 1.29 is 4.79 Å². The number of pyridine rings is 1. The van der Waals surface area contributed by atoms with E-state index in [0.717, 1.165) is 37.5 Å². The van der Waals surface area contributed by atoms with Gasteiger partial charge in [-0.15, -0.1) is 0 Å². The molecular formula is C22H27ClN2O2. The first kappa shape index (κ1) is 19.8. The molecule has 2 aromatic rings. The van der Waals surface area contributed by atoms with E-state index in [-0.39, 0.29) is 11.3 Å². The first-order valence-corrected chi connectivity index (χ1v) is 10.0. The summed E-state index contributed by atoms with van der Waals surface area (Å²) in [6, 6.07) is 11.2. The van der Waals surface area contributed by atoms with Crippen LogP contribution in [0.15, 0.2) is 47.4 Å². The van der Waals surface area contributed by atoms with Gasteiger partial charge in [0, 0.05) is 29.3 Å². The Morgan fingerprint density at radius 2 is 1.85 bits per heavy atom. The van der Waals surface area contributed by atoms with Gasteiger partial charge >= 0.3 is 0 Å². The number of carbonyl (C=O) groups is 1. The summed E-state index contributed by atoms with van der Waals surface area (Å²) in [6.07, 6.45) is 6.31. The number of piperidine rings is 1. The molecule has 3 rings (SSSR count). The second kappa shape index (κ2) is 8.85. The summed E-state index contributed by atoms with van der Waals surface area (Å²) in [5, 5.41) is 0.787. The number of nitrogens with one attached hydrogen (secondary N) is 1. The van der Waals surface area contributed by atoms with Gasteiger partial charge in [0.15, 0.2) is 5.78 Å². The summed E-state index contributed by atoms with van der Waals surface area (Å²) >= 11 is 5.98. The molecule has 2 heterocycles. The number of hydrogen-bond donors (Lipinski definition) is 1. The van der Waals surface area contributed by atoms with Crippen molar-refractivity contribution in [2.24, 2.45) is 5.41 Å². The molecule has 0 unspecified atom stereocenters. The minimum atomic E-state index is -0.179.